The highest BCUT2D eigenvalue weighted by molar-refractivity contribution is 7.11. The number of nitrogens with zero attached hydrogens (tertiary/aromatic N) is 1. The first-order valence-electron chi connectivity index (χ1n) is 5.84. The number of hydrogen-bond acceptors (Lipinski definition) is 4. The normalized spacial score (nSPS) is 15.4. The van der Waals surface area contributed by atoms with E-state index in [9.17, 15) is 0 Å². The van der Waals surface area contributed by atoms with Gasteiger partial charge in [0.05, 0.1) is 10.7 Å². The number of thiazole rings is 1. The van der Waals surface area contributed by atoms with Crippen molar-refractivity contribution in [1.29, 1.82) is 0 Å². The quantitative estimate of drug-likeness (QED) is 0.832. The van der Waals surface area contributed by atoms with Gasteiger partial charge in [0, 0.05) is 23.5 Å². The van der Waals surface area contributed by atoms with Crippen LogP contribution in [0, 0.1) is 19.8 Å². The Morgan fingerprint density at radius 1 is 1.31 bits per heavy atom. The van der Waals surface area contributed by atoms with Crippen LogP contribution in [0.5, 0.6) is 0 Å². The second-order valence-corrected chi connectivity index (χ2v) is 5.96. The number of rotatable bonds is 5. The number of nitrogens with two attached hydrogens (primary N) is 1. The minimum Gasteiger partial charge on any atom is -0.326 e. The Kier molecular flexibility index (Phi) is 4.89. The molecule has 3 nitrogen and oxygen atoms in total. The Morgan fingerprint density at radius 2 is 1.94 bits per heavy atom. The third-order valence-corrected chi connectivity index (χ3v) is 4.10. The van der Waals surface area contributed by atoms with Crippen LogP contribution in [0.15, 0.2) is 0 Å². The number of aryl methyl sites for hydroxylation is 2. The summed E-state index contributed by atoms with van der Waals surface area (Å²) in [6, 6.07) is 0.563. The fraction of sp³-hybridized carbons (Fsp3) is 0.750. The molecule has 0 radical (unpaired) electrons. The van der Waals surface area contributed by atoms with Crippen molar-refractivity contribution in [2.45, 2.75) is 46.7 Å². The second kappa shape index (κ2) is 5.75. The SMILES string of the molecule is Cc1nc(C)c(C(C)NCC(N)C(C)C)s1. The Balaban J connectivity index is 2.53. The van der Waals surface area contributed by atoms with Gasteiger partial charge in [0.1, 0.15) is 0 Å². The molecule has 3 N–H and O–H groups in total. The molecule has 0 aliphatic carbocycles. The minimum atomic E-state index is 0.219. The first-order valence-corrected chi connectivity index (χ1v) is 6.66. The zero-order chi connectivity index (χ0) is 12.3. The Labute approximate surface area is 102 Å². The Morgan fingerprint density at radius 3 is 2.38 bits per heavy atom. The molecule has 2 unspecified atom stereocenters. The van der Waals surface area contributed by atoms with Crippen molar-refractivity contribution in [1.82, 2.24) is 10.3 Å². The topological polar surface area (TPSA) is 50.9 Å². The summed E-state index contributed by atoms with van der Waals surface area (Å²) in [4.78, 5) is 5.77. The van der Waals surface area contributed by atoms with Crippen LogP contribution in [0.2, 0.25) is 0 Å². The van der Waals surface area contributed by atoms with E-state index in [4.69, 9.17) is 5.73 Å². The highest BCUT2D eigenvalue weighted by atomic mass is 32.1. The van der Waals surface area contributed by atoms with Crippen molar-refractivity contribution in [2.75, 3.05) is 6.54 Å². The predicted molar refractivity (Wildman–Crippen MR) is 70.8 cm³/mol. The molecule has 0 saturated heterocycles. The smallest absolute Gasteiger partial charge is 0.0900 e. The molecule has 4 heteroatoms. The average Bonchev–Trinajstić information content (AvgIpc) is 2.53. The van der Waals surface area contributed by atoms with Gasteiger partial charge in [-0.05, 0) is 26.7 Å². The number of hydrogen-bond donors (Lipinski definition) is 2. The molecule has 1 rings (SSSR count). The monoisotopic (exact) mass is 241 g/mol. The fourth-order valence-corrected chi connectivity index (χ4v) is 2.54. The standard InChI is InChI=1S/C12H23N3S/c1-7(2)11(13)6-14-8(3)12-9(4)15-10(5)16-12/h7-8,11,14H,6,13H2,1-5H3. The first kappa shape index (κ1) is 13.6. The van der Waals surface area contributed by atoms with E-state index in [0.717, 1.165) is 17.2 Å². The summed E-state index contributed by atoms with van der Waals surface area (Å²) >= 11 is 1.77. The van der Waals surface area contributed by atoms with Crippen LogP contribution in [0.1, 0.15) is 42.4 Å². The molecule has 1 aromatic heterocycles. The van der Waals surface area contributed by atoms with E-state index in [0.29, 0.717) is 12.0 Å². The van der Waals surface area contributed by atoms with Gasteiger partial charge in [-0.3, -0.25) is 0 Å². The third-order valence-electron chi connectivity index (χ3n) is 2.85. The lowest BCUT2D eigenvalue weighted by molar-refractivity contribution is 0.435. The lowest BCUT2D eigenvalue weighted by Gasteiger charge is -2.19. The van der Waals surface area contributed by atoms with Crippen LogP contribution in [0.3, 0.4) is 0 Å². The van der Waals surface area contributed by atoms with Crippen LogP contribution in [-0.4, -0.2) is 17.6 Å². The zero-order valence-electron chi connectivity index (χ0n) is 10.9. The maximum Gasteiger partial charge on any atom is 0.0900 e. The lowest BCUT2D eigenvalue weighted by atomic mass is 10.1. The van der Waals surface area contributed by atoms with E-state index >= 15 is 0 Å². The number of nitrogens with one attached hydrogen (secondary N) is 1. The highest BCUT2D eigenvalue weighted by Gasteiger charge is 2.14. The molecule has 0 amide bonds. The minimum absolute atomic E-state index is 0.219. The largest absolute Gasteiger partial charge is 0.326 e. The van der Waals surface area contributed by atoms with E-state index in [-0.39, 0.29) is 6.04 Å². The van der Waals surface area contributed by atoms with Crippen molar-refractivity contribution in [3.05, 3.63) is 15.6 Å². The summed E-state index contributed by atoms with van der Waals surface area (Å²) in [5.41, 5.74) is 7.15. The summed E-state index contributed by atoms with van der Waals surface area (Å²) < 4.78 is 0. The first-order chi connectivity index (χ1) is 7.41. The fourth-order valence-electron chi connectivity index (χ4n) is 1.59. The van der Waals surface area contributed by atoms with Crippen molar-refractivity contribution >= 4 is 11.3 Å². The van der Waals surface area contributed by atoms with Crippen molar-refractivity contribution < 1.29 is 0 Å². The number of aromatic nitrogens is 1. The van der Waals surface area contributed by atoms with Crippen LogP contribution in [-0.2, 0) is 0 Å². The average molecular weight is 241 g/mol. The molecule has 92 valence electrons. The lowest BCUT2D eigenvalue weighted by Crippen LogP contribution is -2.38. The molecular weight excluding hydrogens is 218 g/mol. The van der Waals surface area contributed by atoms with Gasteiger partial charge in [-0.1, -0.05) is 13.8 Å². The van der Waals surface area contributed by atoms with E-state index in [1.165, 1.54) is 4.88 Å². The Hall–Kier alpha value is -0.450. The summed E-state index contributed by atoms with van der Waals surface area (Å²) in [5, 5.41) is 4.61. The summed E-state index contributed by atoms with van der Waals surface area (Å²) in [6.07, 6.45) is 0. The van der Waals surface area contributed by atoms with Crippen molar-refractivity contribution in [3.63, 3.8) is 0 Å². The summed E-state index contributed by atoms with van der Waals surface area (Å²) in [6.45, 7) is 11.5. The van der Waals surface area contributed by atoms with E-state index in [1.54, 1.807) is 11.3 Å². The maximum atomic E-state index is 6.01. The third kappa shape index (κ3) is 3.54. The molecule has 0 saturated carbocycles. The van der Waals surface area contributed by atoms with Gasteiger partial charge in [-0.2, -0.15) is 0 Å². The molecule has 0 spiro atoms. The molecule has 1 aromatic rings. The molecule has 2 atom stereocenters. The molecule has 1 heterocycles. The van der Waals surface area contributed by atoms with Gasteiger partial charge >= 0.3 is 0 Å². The molecule has 16 heavy (non-hydrogen) atoms. The molecule has 0 fully saturated rings. The van der Waals surface area contributed by atoms with Gasteiger partial charge in [-0.25, -0.2) is 4.98 Å². The van der Waals surface area contributed by atoms with Gasteiger partial charge < -0.3 is 11.1 Å². The van der Waals surface area contributed by atoms with Gasteiger partial charge in [0.25, 0.3) is 0 Å². The molecule has 0 aliphatic rings. The molecule has 0 bridgehead atoms. The molecule has 0 aliphatic heterocycles. The molecule has 0 aromatic carbocycles. The summed E-state index contributed by atoms with van der Waals surface area (Å²) in [5.74, 6) is 0.518. The highest BCUT2D eigenvalue weighted by Crippen LogP contribution is 2.24. The van der Waals surface area contributed by atoms with Crippen molar-refractivity contribution in [2.24, 2.45) is 11.7 Å². The van der Waals surface area contributed by atoms with Gasteiger partial charge in [-0.15, -0.1) is 11.3 Å². The van der Waals surface area contributed by atoms with Crippen LogP contribution < -0.4 is 11.1 Å². The van der Waals surface area contributed by atoms with Crippen LogP contribution in [0.4, 0.5) is 0 Å². The second-order valence-electron chi connectivity index (χ2n) is 4.72. The van der Waals surface area contributed by atoms with E-state index in [2.05, 4.69) is 38.0 Å². The zero-order valence-corrected chi connectivity index (χ0v) is 11.7. The maximum absolute atomic E-state index is 6.01. The predicted octanol–water partition coefficient (Wildman–Crippen LogP) is 2.39. The van der Waals surface area contributed by atoms with Crippen LogP contribution >= 0.6 is 11.3 Å². The van der Waals surface area contributed by atoms with E-state index < -0.39 is 0 Å². The van der Waals surface area contributed by atoms with Gasteiger partial charge in [0.15, 0.2) is 0 Å². The molecular formula is C12H23N3S. The Bertz CT molecular complexity index is 333. The van der Waals surface area contributed by atoms with Gasteiger partial charge in [0.2, 0.25) is 0 Å². The summed E-state index contributed by atoms with van der Waals surface area (Å²) in [7, 11) is 0. The van der Waals surface area contributed by atoms with E-state index in [1.807, 2.05) is 6.92 Å². The van der Waals surface area contributed by atoms with Crippen LogP contribution in [0.25, 0.3) is 0 Å². The van der Waals surface area contributed by atoms with Crippen molar-refractivity contribution in [3.8, 4) is 0 Å².